The molecule has 0 aromatic heterocycles. The number of hydrogen-bond acceptors (Lipinski definition) is 3. The zero-order chi connectivity index (χ0) is 17.4. The maximum Gasteiger partial charge on any atom is 0.315 e. The summed E-state index contributed by atoms with van der Waals surface area (Å²) in [7, 11) is 1.59. The number of nitrogens with one attached hydrogen (secondary N) is 3. The second-order valence-corrected chi connectivity index (χ2v) is 6.89. The van der Waals surface area contributed by atoms with Gasteiger partial charge in [0.1, 0.15) is 5.54 Å². The number of benzene rings is 1. The molecule has 0 atom stereocenters. The summed E-state index contributed by atoms with van der Waals surface area (Å²) in [4.78, 5) is 24.7. The number of carbonyl (C=O) groups is 2. The van der Waals surface area contributed by atoms with Crippen LogP contribution in [0.5, 0.6) is 0 Å². The van der Waals surface area contributed by atoms with Gasteiger partial charge in [-0.3, -0.25) is 4.79 Å². The van der Waals surface area contributed by atoms with Crippen LogP contribution in [0.2, 0.25) is 0 Å². The van der Waals surface area contributed by atoms with Crippen molar-refractivity contribution in [3.05, 3.63) is 34.3 Å². The van der Waals surface area contributed by atoms with Gasteiger partial charge in [-0.15, -0.1) is 0 Å². The van der Waals surface area contributed by atoms with Gasteiger partial charge in [0.05, 0.1) is 6.61 Å². The van der Waals surface area contributed by atoms with Crippen LogP contribution in [0.3, 0.4) is 0 Å². The van der Waals surface area contributed by atoms with Crippen LogP contribution in [0.25, 0.3) is 0 Å². The van der Waals surface area contributed by atoms with Crippen LogP contribution in [0.1, 0.15) is 31.2 Å². The molecule has 1 aromatic carbocycles. The van der Waals surface area contributed by atoms with Crippen LogP contribution >= 0.6 is 15.9 Å². The first-order chi connectivity index (χ1) is 11.6. The molecule has 6 nitrogen and oxygen atoms in total. The Labute approximate surface area is 150 Å². The van der Waals surface area contributed by atoms with Gasteiger partial charge in [-0.25, -0.2) is 4.79 Å². The molecule has 1 aliphatic carbocycles. The van der Waals surface area contributed by atoms with Gasteiger partial charge in [0.25, 0.3) is 0 Å². The quantitative estimate of drug-likeness (QED) is 0.617. The Bertz CT molecular complexity index is 574. The number of hydrogen-bond donors (Lipinski definition) is 3. The lowest BCUT2D eigenvalue weighted by Crippen LogP contribution is -2.59. The summed E-state index contributed by atoms with van der Waals surface area (Å²) < 4.78 is 5.91. The Kier molecular flexibility index (Phi) is 7.05. The molecule has 0 radical (unpaired) electrons. The van der Waals surface area contributed by atoms with Gasteiger partial charge in [-0.2, -0.15) is 0 Å². The van der Waals surface area contributed by atoms with Crippen molar-refractivity contribution in [3.8, 4) is 0 Å². The van der Waals surface area contributed by atoms with Gasteiger partial charge in [-0.05, 0) is 30.5 Å². The minimum absolute atomic E-state index is 0.130. The first-order valence-corrected chi connectivity index (χ1v) is 8.93. The van der Waals surface area contributed by atoms with Crippen LogP contribution < -0.4 is 16.0 Å². The van der Waals surface area contributed by atoms with Crippen molar-refractivity contribution in [2.75, 3.05) is 20.3 Å². The molecule has 132 valence electrons. The highest BCUT2D eigenvalue weighted by molar-refractivity contribution is 9.10. The molecule has 1 fully saturated rings. The molecule has 1 saturated carbocycles. The van der Waals surface area contributed by atoms with Crippen LogP contribution in [-0.2, 0) is 16.1 Å². The number of halogens is 1. The molecule has 7 heteroatoms. The van der Waals surface area contributed by atoms with Gasteiger partial charge >= 0.3 is 6.03 Å². The van der Waals surface area contributed by atoms with E-state index in [-0.39, 0.29) is 11.9 Å². The molecular weight excluding hydrogens is 374 g/mol. The van der Waals surface area contributed by atoms with E-state index in [1.807, 2.05) is 24.3 Å². The predicted molar refractivity (Wildman–Crippen MR) is 95.6 cm³/mol. The molecule has 0 aliphatic heterocycles. The fraction of sp³-hybridized carbons (Fsp3) is 0.529. The standard InChI is InChI=1S/C17H24BrN3O3/c1-24-10-9-19-15(22)17(7-2-3-8-17)21-16(23)20-12-13-5-4-6-14(18)11-13/h4-6,11H,2-3,7-10,12H2,1H3,(H,19,22)(H2,20,21,23). The van der Waals surface area contributed by atoms with E-state index in [2.05, 4.69) is 31.9 Å². The summed E-state index contributed by atoms with van der Waals surface area (Å²) in [6.07, 6.45) is 3.19. The minimum atomic E-state index is -0.810. The molecule has 24 heavy (non-hydrogen) atoms. The molecule has 0 unspecified atom stereocenters. The highest BCUT2D eigenvalue weighted by atomic mass is 79.9. The lowest BCUT2D eigenvalue weighted by atomic mass is 9.96. The normalized spacial score (nSPS) is 15.8. The fourth-order valence-electron chi connectivity index (χ4n) is 2.91. The van der Waals surface area contributed by atoms with Crippen molar-refractivity contribution in [2.45, 2.75) is 37.8 Å². The third kappa shape index (κ3) is 5.21. The second kappa shape index (κ2) is 9.03. The van der Waals surface area contributed by atoms with E-state index in [0.717, 1.165) is 22.9 Å². The van der Waals surface area contributed by atoms with Gasteiger partial charge < -0.3 is 20.7 Å². The van der Waals surface area contributed by atoms with Crippen LogP contribution in [0.4, 0.5) is 4.79 Å². The summed E-state index contributed by atoms with van der Waals surface area (Å²) >= 11 is 3.41. The van der Waals surface area contributed by atoms with Crippen molar-refractivity contribution in [2.24, 2.45) is 0 Å². The van der Waals surface area contributed by atoms with Gasteiger partial charge in [0, 0.05) is 24.7 Å². The smallest absolute Gasteiger partial charge is 0.315 e. The maximum atomic E-state index is 12.5. The minimum Gasteiger partial charge on any atom is -0.383 e. The van der Waals surface area contributed by atoms with Gasteiger partial charge in [-0.1, -0.05) is 40.9 Å². The fourth-order valence-corrected chi connectivity index (χ4v) is 3.36. The van der Waals surface area contributed by atoms with E-state index >= 15 is 0 Å². The number of rotatable bonds is 7. The predicted octanol–water partition coefficient (Wildman–Crippen LogP) is 2.32. The number of ether oxygens (including phenoxy) is 1. The van der Waals surface area contributed by atoms with E-state index in [9.17, 15) is 9.59 Å². The van der Waals surface area contributed by atoms with E-state index in [1.165, 1.54) is 0 Å². The Morgan fingerprint density at radius 3 is 2.67 bits per heavy atom. The first-order valence-electron chi connectivity index (χ1n) is 8.13. The zero-order valence-corrected chi connectivity index (χ0v) is 15.4. The highest BCUT2D eigenvalue weighted by Crippen LogP contribution is 2.29. The lowest BCUT2D eigenvalue weighted by molar-refractivity contribution is -0.127. The number of amides is 3. The molecule has 2 rings (SSSR count). The molecule has 0 heterocycles. The van der Waals surface area contributed by atoms with Crippen LogP contribution in [0, 0.1) is 0 Å². The largest absolute Gasteiger partial charge is 0.383 e. The molecule has 3 N–H and O–H groups in total. The van der Waals surface area contributed by atoms with Gasteiger partial charge in [0.2, 0.25) is 5.91 Å². The maximum absolute atomic E-state index is 12.5. The molecule has 1 aliphatic rings. The summed E-state index contributed by atoms with van der Waals surface area (Å²) in [6.45, 7) is 1.31. The monoisotopic (exact) mass is 397 g/mol. The third-order valence-electron chi connectivity index (χ3n) is 4.18. The molecule has 3 amide bonds. The summed E-state index contributed by atoms with van der Waals surface area (Å²) in [5.41, 5.74) is 0.180. The van der Waals surface area contributed by atoms with Crippen molar-refractivity contribution >= 4 is 27.9 Å². The molecule has 1 aromatic rings. The van der Waals surface area contributed by atoms with Crippen molar-refractivity contribution in [1.82, 2.24) is 16.0 Å². The molecule has 0 saturated heterocycles. The topological polar surface area (TPSA) is 79.5 Å². The van der Waals surface area contributed by atoms with Crippen LogP contribution in [0.15, 0.2) is 28.7 Å². The van der Waals surface area contributed by atoms with Crippen molar-refractivity contribution in [1.29, 1.82) is 0 Å². The zero-order valence-electron chi connectivity index (χ0n) is 13.9. The van der Waals surface area contributed by atoms with E-state index in [0.29, 0.717) is 32.5 Å². The average Bonchev–Trinajstić information content (AvgIpc) is 3.03. The van der Waals surface area contributed by atoms with Crippen LogP contribution in [-0.4, -0.2) is 37.7 Å². The SMILES string of the molecule is COCCNC(=O)C1(NC(=O)NCc2cccc(Br)c2)CCCC1. The summed E-state index contributed by atoms with van der Waals surface area (Å²) in [5.74, 6) is -0.130. The molecule has 0 bridgehead atoms. The number of carbonyl (C=O) groups excluding carboxylic acids is 2. The summed E-state index contributed by atoms with van der Waals surface area (Å²) in [6, 6.07) is 7.41. The average molecular weight is 398 g/mol. The van der Waals surface area contributed by atoms with E-state index in [1.54, 1.807) is 7.11 Å². The first kappa shape index (κ1) is 18.7. The highest BCUT2D eigenvalue weighted by Gasteiger charge is 2.42. The Morgan fingerprint density at radius 2 is 2.00 bits per heavy atom. The van der Waals surface area contributed by atoms with Crippen molar-refractivity contribution < 1.29 is 14.3 Å². The molecule has 0 spiro atoms. The van der Waals surface area contributed by atoms with E-state index in [4.69, 9.17) is 4.74 Å². The van der Waals surface area contributed by atoms with Gasteiger partial charge in [0.15, 0.2) is 0 Å². The van der Waals surface area contributed by atoms with Crippen molar-refractivity contribution in [3.63, 3.8) is 0 Å². The van der Waals surface area contributed by atoms with E-state index < -0.39 is 5.54 Å². The Hall–Kier alpha value is -1.60. The lowest BCUT2D eigenvalue weighted by Gasteiger charge is -2.29. The number of urea groups is 1. The Balaban J connectivity index is 1.89. The second-order valence-electron chi connectivity index (χ2n) is 5.98. The third-order valence-corrected chi connectivity index (χ3v) is 4.67. The summed E-state index contributed by atoms with van der Waals surface area (Å²) in [5, 5.41) is 8.55. The molecular formula is C17H24BrN3O3. The Morgan fingerprint density at radius 1 is 1.25 bits per heavy atom. The number of methoxy groups -OCH3 is 1.